The number of carbonyl (C=O) groups excluding carboxylic acids is 4. The number of aromatic nitrogens is 1. The van der Waals surface area contributed by atoms with Gasteiger partial charge in [-0.25, -0.2) is 9.59 Å². The van der Waals surface area contributed by atoms with Crippen molar-refractivity contribution in [2.75, 3.05) is 19.5 Å². The predicted octanol–water partition coefficient (Wildman–Crippen LogP) is 4.00. The second-order valence-electron chi connectivity index (χ2n) is 7.33. The summed E-state index contributed by atoms with van der Waals surface area (Å²) in [4.78, 5) is 50.4. The van der Waals surface area contributed by atoms with E-state index in [-0.39, 0.29) is 22.5 Å². The second-order valence-corrected chi connectivity index (χ2v) is 7.33. The zero-order chi connectivity index (χ0) is 24.2. The number of nitrogens with one attached hydrogen (secondary N) is 1. The molecule has 4 rings (SSSR count). The van der Waals surface area contributed by atoms with E-state index in [2.05, 4.69) is 5.32 Å². The van der Waals surface area contributed by atoms with Gasteiger partial charge in [-0.15, -0.1) is 0 Å². The first-order valence-electron chi connectivity index (χ1n) is 10.3. The van der Waals surface area contributed by atoms with E-state index in [4.69, 9.17) is 9.47 Å². The van der Waals surface area contributed by atoms with Gasteiger partial charge in [-0.1, -0.05) is 36.4 Å². The van der Waals surface area contributed by atoms with Gasteiger partial charge < -0.3 is 19.2 Å². The van der Waals surface area contributed by atoms with Crippen molar-refractivity contribution < 1.29 is 28.7 Å². The number of anilines is 1. The van der Waals surface area contributed by atoms with Gasteiger partial charge in [-0.2, -0.15) is 0 Å². The summed E-state index contributed by atoms with van der Waals surface area (Å²) in [6.45, 7) is 0. The first kappa shape index (κ1) is 22.5. The fourth-order valence-corrected chi connectivity index (χ4v) is 3.66. The third kappa shape index (κ3) is 4.29. The summed E-state index contributed by atoms with van der Waals surface area (Å²) < 4.78 is 11.1. The fraction of sp³-hybridized carbons (Fsp3) is 0.0769. The van der Waals surface area contributed by atoms with Crippen molar-refractivity contribution in [1.29, 1.82) is 0 Å². The molecule has 0 aliphatic rings. The molecular weight excluding hydrogens is 436 g/mol. The number of ether oxygens (including phenoxy) is 2. The lowest BCUT2D eigenvalue weighted by atomic mass is 10.0. The molecule has 0 radical (unpaired) electrons. The van der Waals surface area contributed by atoms with E-state index in [1.807, 2.05) is 48.5 Å². The number of nitrogens with zero attached hydrogens (tertiary/aromatic N) is 1. The molecule has 0 bridgehead atoms. The smallest absolute Gasteiger partial charge is 0.337 e. The van der Waals surface area contributed by atoms with E-state index in [9.17, 15) is 19.2 Å². The molecule has 34 heavy (non-hydrogen) atoms. The highest BCUT2D eigenvalue weighted by atomic mass is 16.5. The number of esters is 2. The van der Waals surface area contributed by atoms with E-state index in [0.29, 0.717) is 5.56 Å². The van der Waals surface area contributed by atoms with Crippen LogP contribution >= 0.6 is 0 Å². The Kier molecular flexibility index (Phi) is 6.22. The molecule has 0 aliphatic carbocycles. The Morgan fingerprint density at radius 2 is 1.38 bits per heavy atom. The van der Waals surface area contributed by atoms with Crippen LogP contribution < -0.4 is 5.32 Å². The topological polar surface area (TPSA) is 103 Å². The maximum Gasteiger partial charge on any atom is 0.337 e. The average Bonchev–Trinajstić information content (AvgIpc) is 3.27. The summed E-state index contributed by atoms with van der Waals surface area (Å²) in [6, 6.07) is 20.4. The van der Waals surface area contributed by atoms with Crippen molar-refractivity contribution in [3.8, 4) is 11.1 Å². The minimum atomic E-state index is -0.932. The quantitative estimate of drug-likeness (QED) is 0.267. The van der Waals surface area contributed by atoms with E-state index in [1.54, 1.807) is 16.7 Å². The number of Topliss-reactive ketones (excluding diaryl/α,β-unsaturated/α-hetero) is 1. The number of hydrogen-bond acceptors (Lipinski definition) is 6. The van der Waals surface area contributed by atoms with E-state index in [1.165, 1.54) is 32.4 Å². The number of fused-ring (bicyclic) bond motifs is 1. The number of rotatable bonds is 6. The molecule has 8 nitrogen and oxygen atoms in total. The van der Waals surface area contributed by atoms with Gasteiger partial charge in [0, 0.05) is 23.0 Å². The van der Waals surface area contributed by atoms with Crippen LogP contribution in [0, 0.1) is 0 Å². The highest BCUT2D eigenvalue weighted by Gasteiger charge is 2.25. The summed E-state index contributed by atoms with van der Waals surface area (Å²) in [5.41, 5.74) is 2.43. The maximum absolute atomic E-state index is 13.4. The number of hydrogen-bond donors (Lipinski definition) is 1. The lowest BCUT2D eigenvalue weighted by Gasteiger charge is -2.10. The Morgan fingerprint density at radius 1 is 0.765 bits per heavy atom. The number of pyridine rings is 1. The summed E-state index contributed by atoms with van der Waals surface area (Å²) >= 11 is 0. The number of benzene rings is 2. The zero-order valence-corrected chi connectivity index (χ0v) is 18.4. The first-order valence-corrected chi connectivity index (χ1v) is 10.3. The van der Waals surface area contributed by atoms with E-state index < -0.39 is 23.6 Å². The van der Waals surface area contributed by atoms with Gasteiger partial charge in [0.15, 0.2) is 0 Å². The highest BCUT2D eigenvalue weighted by molar-refractivity contribution is 6.47. The molecule has 2 heterocycles. The number of amides is 1. The number of methoxy groups -OCH3 is 2. The van der Waals surface area contributed by atoms with Crippen LogP contribution in [-0.4, -0.2) is 42.2 Å². The van der Waals surface area contributed by atoms with Crippen LogP contribution in [0.5, 0.6) is 0 Å². The second kappa shape index (κ2) is 9.41. The third-order valence-corrected chi connectivity index (χ3v) is 5.22. The summed E-state index contributed by atoms with van der Waals surface area (Å²) in [7, 11) is 2.38. The van der Waals surface area contributed by atoms with E-state index >= 15 is 0 Å². The Labute approximate surface area is 194 Å². The molecule has 1 amide bonds. The van der Waals surface area contributed by atoms with Gasteiger partial charge in [0.1, 0.15) is 5.69 Å². The number of carbonyl (C=O) groups is 4. The van der Waals surface area contributed by atoms with Gasteiger partial charge in [0.2, 0.25) is 0 Å². The van der Waals surface area contributed by atoms with Gasteiger partial charge in [0.05, 0.1) is 25.3 Å². The van der Waals surface area contributed by atoms with Crippen molar-refractivity contribution in [3.63, 3.8) is 0 Å². The van der Waals surface area contributed by atoms with Crippen molar-refractivity contribution in [2.45, 2.75) is 0 Å². The standard InChI is InChI=1S/C26H20N2O6/c1-33-25(31)17-12-18(26(32)34-2)14-19(13-17)27-24(30)23(29)22-21(16-8-4-3-5-9-16)15-20-10-6-7-11-28(20)22/h3-15H,1-2H3,(H,27,30). The maximum atomic E-state index is 13.4. The van der Waals surface area contributed by atoms with Gasteiger partial charge in [-0.3, -0.25) is 9.59 Å². The van der Waals surface area contributed by atoms with Crippen molar-refractivity contribution in [1.82, 2.24) is 4.40 Å². The van der Waals surface area contributed by atoms with Crippen LogP contribution in [0.1, 0.15) is 31.2 Å². The molecular formula is C26H20N2O6. The van der Waals surface area contributed by atoms with Crippen LogP contribution in [0.15, 0.2) is 79.0 Å². The van der Waals surface area contributed by atoms with E-state index in [0.717, 1.165) is 11.1 Å². The first-order chi connectivity index (χ1) is 16.4. The van der Waals surface area contributed by atoms with Crippen molar-refractivity contribution in [2.24, 2.45) is 0 Å². The van der Waals surface area contributed by atoms with Crippen LogP contribution in [0.2, 0.25) is 0 Å². The summed E-state index contributed by atoms with van der Waals surface area (Å²) in [5, 5.41) is 2.49. The molecule has 4 aromatic rings. The molecule has 2 aromatic heterocycles. The Balaban J connectivity index is 1.74. The monoisotopic (exact) mass is 456 g/mol. The molecule has 0 saturated heterocycles. The van der Waals surface area contributed by atoms with Gasteiger partial charge in [0.25, 0.3) is 11.7 Å². The summed E-state index contributed by atoms with van der Waals surface area (Å²) in [6.07, 6.45) is 1.70. The highest BCUT2D eigenvalue weighted by Crippen LogP contribution is 2.28. The van der Waals surface area contributed by atoms with Crippen LogP contribution in [0.25, 0.3) is 16.6 Å². The van der Waals surface area contributed by atoms with Gasteiger partial charge >= 0.3 is 11.9 Å². The molecule has 0 saturated carbocycles. The molecule has 0 aliphatic heterocycles. The molecule has 1 N–H and O–H groups in total. The molecule has 0 atom stereocenters. The number of ketones is 1. The lowest BCUT2D eigenvalue weighted by Crippen LogP contribution is -2.25. The molecule has 170 valence electrons. The zero-order valence-electron chi connectivity index (χ0n) is 18.4. The Morgan fingerprint density at radius 3 is 2.00 bits per heavy atom. The van der Waals surface area contributed by atoms with Crippen LogP contribution in [0.3, 0.4) is 0 Å². The summed E-state index contributed by atoms with van der Waals surface area (Å²) in [5.74, 6) is -3.14. The molecule has 8 heteroatoms. The fourth-order valence-electron chi connectivity index (χ4n) is 3.66. The molecule has 0 spiro atoms. The van der Waals surface area contributed by atoms with Crippen molar-refractivity contribution in [3.05, 3.63) is 95.8 Å². The van der Waals surface area contributed by atoms with Crippen LogP contribution in [0.4, 0.5) is 5.69 Å². The lowest BCUT2D eigenvalue weighted by molar-refractivity contribution is -0.112. The van der Waals surface area contributed by atoms with Crippen LogP contribution in [-0.2, 0) is 14.3 Å². The SMILES string of the molecule is COC(=O)c1cc(NC(=O)C(=O)c2c(-c3ccccc3)cc3ccccn23)cc(C(=O)OC)c1. The minimum absolute atomic E-state index is 0.0197. The average molecular weight is 456 g/mol. The molecule has 2 aromatic carbocycles. The normalized spacial score (nSPS) is 10.5. The Bertz CT molecular complexity index is 1390. The predicted molar refractivity (Wildman–Crippen MR) is 125 cm³/mol. The third-order valence-electron chi connectivity index (χ3n) is 5.22. The molecule has 0 unspecified atom stereocenters. The van der Waals surface area contributed by atoms with Crippen molar-refractivity contribution >= 4 is 34.8 Å². The largest absolute Gasteiger partial charge is 0.465 e. The Hall–Kier alpha value is -4.72. The molecule has 0 fully saturated rings. The van der Waals surface area contributed by atoms with Gasteiger partial charge in [-0.05, 0) is 42.0 Å². The minimum Gasteiger partial charge on any atom is -0.465 e.